The summed E-state index contributed by atoms with van der Waals surface area (Å²) in [5.41, 5.74) is 2.70. The Balaban J connectivity index is 2.14. The molecule has 1 unspecified atom stereocenters. The van der Waals surface area contributed by atoms with Crippen LogP contribution in [0.3, 0.4) is 0 Å². The van der Waals surface area contributed by atoms with Crippen LogP contribution < -0.4 is 5.32 Å². The number of carbonyl (C=O) groups is 1. The predicted octanol–water partition coefficient (Wildman–Crippen LogP) is 4.20. The summed E-state index contributed by atoms with van der Waals surface area (Å²) < 4.78 is 4.69. The minimum Gasteiger partial charge on any atom is -0.465 e. The van der Waals surface area contributed by atoms with Crippen LogP contribution in [0, 0.1) is 0 Å². The van der Waals surface area contributed by atoms with Gasteiger partial charge in [-0.25, -0.2) is 4.79 Å². The summed E-state index contributed by atoms with van der Waals surface area (Å²) in [5, 5.41) is 3.46. The van der Waals surface area contributed by atoms with Crippen LogP contribution in [0.4, 0.5) is 5.69 Å². The van der Waals surface area contributed by atoms with E-state index in [-0.39, 0.29) is 12.0 Å². The lowest BCUT2D eigenvalue weighted by Crippen LogP contribution is -2.10. The van der Waals surface area contributed by atoms with E-state index in [0.29, 0.717) is 5.56 Å². The van der Waals surface area contributed by atoms with E-state index < -0.39 is 0 Å². The van der Waals surface area contributed by atoms with Crippen LogP contribution in [0.5, 0.6) is 0 Å². The number of esters is 1. The molecule has 0 bridgehead atoms. The van der Waals surface area contributed by atoms with E-state index in [1.54, 1.807) is 12.1 Å². The first-order valence-electron chi connectivity index (χ1n) is 6.85. The Morgan fingerprint density at radius 1 is 1.19 bits per heavy atom. The highest BCUT2D eigenvalue weighted by Gasteiger charge is 2.10. The third kappa shape index (κ3) is 3.96. The number of benzene rings is 2. The van der Waals surface area contributed by atoms with Crippen molar-refractivity contribution >= 4 is 11.7 Å². The van der Waals surface area contributed by atoms with Crippen molar-refractivity contribution in [2.75, 3.05) is 12.4 Å². The zero-order chi connectivity index (χ0) is 15.1. The largest absolute Gasteiger partial charge is 0.465 e. The molecule has 1 N–H and O–H groups in total. The van der Waals surface area contributed by atoms with Gasteiger partial charge in [-0.2, -0.15) is 0 Å². The van der Waals surface area contributed by atoms with Crippen molar-refractivity contribution in [3.05, 3.63) is 78.4 Å². The normalized spacial score (nSPS) is 11.5. The van der Waals surface area contributed by atoms with Gasteiger partial charge in [-0.1, -0.05) is 36.4 Å². The highest BCUT2D eigenvalue weighted by Crippen LogP contribution is 2.23. The summed E-state index contributed by atoms with van der Waals surface area (Å²) in [7, 11) is 1.38. The molecule has 0 aromatic heterocycles. The lowest BCUT2D eigenvalue weighted by atomic mass is 10.0. The molecule has 3 nitrogen and oxygen atoms in total. The fourth-order valence-electron chi connectivity index (χ4n) is 2.15. The fraction of sp³-hybridized carbons (Fsp3) is 0.167. The molecule has 0 fully saturated rings. The number of anilines is 1. The maximum Gasteiger partial charge on any atom is 0.337 e. The summed E-state index contributed by atoms with van der Waals surface area (Å²) in [6.45, 7) is 3.81. The summed E-state index contributed by atoms with van der Waals surface area (Å²) in [4.78, 5) is 11.4. The third-order valence-electron chi connectivity index (χ3n) is 3.25. The van der Waals surface area contributed by atoms with E-state index >= 15 is 0 Å². The van der Waals surface area contributed by atoms with Gasteiger partial charge in [0.05, 0.1) is 18.7 Å². The Morgan fingerprint density at radius 3 is 2.43 bits per heavy atom. The lowest BCUT2D eigenvalue weighted by molar-refractivity contribution is 0.0601. The number of methoxy groups -OCH3 is 1. The van der Waals surface area contributed by atoms with Gasteiger partial charge >= 0.3 is 5.97 Å². The molecule has 108 valence electrons. The highest BCUT2D eigenvalue weighted by atomic mass is 16.5. The molecule has 0 saturated heterocycles. The van der Waals surface area contributed by atoms with E-state index in [4.69, 9.17) is 4.74 Å². The van der Waals surface area contributed by atoms with Crippen molar-refractivity contribution in [2.24, 2.45) is 0 Å². The molecular formula is C18H19NO2. The highest BCUT2D eigenvalue weighted by molar-refractivity contribution is 5.89. The topological polar surface area (TPSA) is 38.3 Å². The first-order valence-corrected chi connectivity index (χ1v) is 6.85. The molecule has 21 heavy (non-hydrogen) atoms. The number of nitrogens with one attached hydrogen (secondary N) is 1. The SMILES string of the molecule is C=CCC(Nc1ccc(C(=O)OC)cc1)c1ccccc1. The van der Waals surface area contributed by atoms with Crippen molar-refractivity contribution in [1.82, 2.24) is 0 Å². The van der Waals surface area contributed by atoms with Crippen molar-refractivity contribution in [1.29, 1.82) is 0 Å². The molecule has 0 amide bonds. The number of carbonyl (C=O) groups excluding carboxylic acids is 1. The zero-order valence-corrected chi connectivity index (χ0v) is 12.1. The minimum absolute atomic E-state index is 0.160. The summed E-state index contributed by atoms with van der Waals surface area (Å²) in [6, 6.07) is 17.6. The van der Waals surface area contributed by atoms with Gasteiger partial charge in [-0.3, -0.25) is 0 Å². The average Bonchev–Trinajstić information content (AvgIpc) is 2.55. The number of hydrogen-bond donors (Lipinski definition) is 1. The fourth-order valence-corrected chi connectivity index (χ4v) is 2.15. The summed E-state index contributed by atoms with van der Waals surface area (Å²) in [6.07, 6.45) is 2.72. The van der Waals surface area contributed by atoms with Gasteiger partial charge in [0.2, 0.25) is 0 Å². The predicted molar refractivity (Wildman–Crippen MR) is 85.4 cm³/mol. The van der Waals surface area contributed by atoms with Crippen molar-refractivity contribution in [2.45, 2.75) is 12.5 Å². The van der Waals surface area contributed by atoms with Gasteiger partial charge in [-0.05, 0) is 36.2 Å². The molecule has 0 saturated carbocycles. The molecule has 2 rings (SSSR count). The Kier molecular flexibility index (Phi) is 5.16. The molecule has 0 aliphatic carbocycles. The van der Waals surface area contributed by atoms with Gasteiger partial charge in [0.1, 0.15) is 0 Å². The molecule has 3 heteroatoms. The first-order chi connectivity index (χ1) is 10.2. The number of ether oxygens (including phenoxy) is 1. The molecule has 0 radical (unpaired) electrons. The standard InChI is InChI=1S/C18H19NO2/c1-3-7-17(14-8-5-4-6-9-14)19-16-12-10-15(11-13-16)18(20)21-2/h3-6,8-13,17,19H,1,7H2,2H3. The second kappa shape index (κ2) is 7.29. The van der Waals surface area contributed by atoms with Crippen molar-refractivity contribution in [3.63, 3.8) is 0 Å². The van der Waals surface area contributed by atoms with Crippen LogP contribution in [0.15, 0.2) is 67.3 Å². The monoisotopic (exact) mass is 281 g/mol. The molecule has 0 spiro atoms. The van der Waals surface area contributed by atoms with E-state index in [1.165, 1.54) is 12.7 Å². The maximum atomic E-state index is 11.4. The van der Waals surface area contributed by atoms with Crippen LogP contribution in [-0.4, -0.2) is 13.1 Å². The molecule has 1 atom stereocenters. The molecule has 2 aromatic carbocycles. The van der Waals surface area contributed by atoms with Crippen LogP contribution in [-0.2, 0) is 4.74 Å². The zero-order valence-electron chi connectivity index (χ0n) is 12.1. The Labute approximate surface area is 125 Å². The average molecular weight is 281 g/mol. The van der Waals surface area contributed by atoms with Gasteiger partial charge < -0.3 is 10.1 Å². The number of rotatable bonds is 6. The van der Waals surface area contributed by atoms with E-state index in [1.807, 2.05) is 36.4 Å². The second-order valence-corrected chi connectivity index (χ2v) is 4.70. The van der Waals surface area contributed by atoms with Crippen LogP contribution >= 0.6 is 0 Å². The quantitative estimate of drug-likeness (QED) is 0.637. The summed E-state index contributed by atoms with van der Waals surface area (Å²) in [5.74, 6) is -0.327. The maximum absolute atomic E-state index is 11.4. The van der Waals surface area contributed by atoms with Crippen molar-refractivity contribution in [3.8, 4) is 0 Å². The first kappa shape index (κ1) is 14.9. The molecule has 0 aliphatic rings. The van der Waals surface area contributed by atoms with E-state index in [0.717, 1.165) is 12.1 Å². The molecule has 2 aromatic rings. The van der Waals surface area contributed by atoms with Crippen molar-refractivity contribution < 1.29 is 9.53 Å². The van der Waals surface area contributed by atoms with Gasteiger partial charge in [0.15, 0.2) is 0 Å². The molecule has 0 heterocycles. The Hall–Kier alpha value is -2.55. The smallest absolute Gasteiger partial charge is 0.337 e. The third-order valence-corrected chi connectivity index (χ3v) is 3.25. The van der Waals surface area contributed by atoms with Crippen LogP contribution in [0.2, 0.25) is 0 Å². The van der Waals surface area contributed by atoms with Crippen LogP contribution in [0.1, 0.15) is 28.4 Å². The second-order valence-electron chi connectivity index (χ2n) is 4.70. The Morgan fingerprint density at radius 2 is 1.86 bits per heavy atom. The van der Waals surface area contributed by atoms with Gasteiger partial charge in [0.25, 0.3) is 0 Å². The summed E-state index contributed by atoms with van der Waals surface area (Å²) >= 11 is 0. The van der Waals surface area contributed by atoms with E-state index in [9.17, 15) is 4.79 Å². The molecule has 0 aliphatic heterocycles. The van der Waals surface area contributed by atoms with E-state index in [2.05, 4.69) is 24.0 Å². The van der Waals surface area contributed by atoms with Gasteiger partial charge in [-0.15, -0.1) is 6.58 Å². The minimum atomic E-state index is -0.327. The lowest BCUT2D eigenvalue weighted by Gasteiger charge is -2.19. The Bertz CT molecular complexity index is 590. The van der Waals surface area contributed by atoms with Gasteiger partial charge in [0, 0.05) is 5.69 Å². The number of hydrogen-bond acceptors (Lipinski definition) is 3. The molecular weight excluding hydrogens is 262 g/mol. The van der Waals surface area contributed by atoms with Crippen LogP contribution in [0.25, 0.3) is 0 Å².